The number of methoxy groups -OCH3 is 2. The van der Waals surface area contributed by atoms with Crippen molar-refractivity contribution in [2.45, 2.75) is 58.7 Å². The summed E-state index contributed by atoms with van der Waals surface area (Å²) >= 11 is 0. The summed E-state index contributed by atoms with van der Waals surface area (Å²) in [5, 5.41) is 11.5. The molecule has 1 N–H and O–H groups in total. The van der Waals surface area contributed by atoms with E-state index in [4.69, 9.17) is 14.2 Å². The molecular formula is C28H39N5O5. The Balaban J connectivity index is 2.08. The van der Waals surface area contributed by atoms with E-state index in [1.807, 2.05) is 52.0 Å². The van der Waals surface area contributed by atoms with Crippen LogP contribution in [0.5, 0.6) is 11.5 Å². The van der Waals surface area contributed by atoms with E-state index in [9.17, 15) is 9.59 Å². The number of carbonyl (C=O) groups excluding carboxylic acids is 2. The van der Waals surface area contributed by atoms with E-state index in [0.29, 0.717) is 48.6 Å². The fourth-order valence-corrected chi connectivity index (χ4v) is 4.13. The van der Waals surface area contributed by atoms with Crippen LogP contribution < -0.4 is 14.8 Å². The van der Waals surface area contributed by atoms with Crippen molar-refractivity contribution < 1.29 is 23.8 Å². The highest BCUT2D eigenvalue weighted by Gasteiger charge is 2.36. The van der Waals surface area contributed by atoms with Crippen LogP contribution in [0.1, 0.15) is 52.1 Å². The number of carbonyl (C=O) groups is 2. The number of amides is 2. The lowest BCUT2D eigenvalue weighted by molar-refractivity contribution is -0.142. The second kappa shape index (κ2) is 13.2. The summed E-state index contributed by atoms with van der Waals surface area (Å²) in [5.41, 5.74) is 1.48. The van der Waals surface area contributed by atoms with E-state index in [1.54, 1.807) is 42.0 Å². The summed E-state index contributed by atoms with van der Waals surface area (Å²) in [7, 11) is 3.10. The summed E-state index contributed by atoms with van der Waals surface area (Å²) in [6.45, 7) is 9.05. The van der Waals surface area contributed by atoms with Gasteiger partial charge in [0.05, 0.1) is 19.7 Å². The van der Waals surface area contributed by atoms with E-state index < -0.39 is 11.6 Å². The molecule has 0 aliphatic rings. The predicted octanol–water partition coefficient (Wildman–Crippen LogP) is 3.75. The molecular weight excluding hydrogens is 486 g/mol. The normalized spacial score (nSPS) is 12.3. The first-order valence-electron chi connectivity index (χ1n) is 12.9. The lowest BCUT2D eigenvalue weighted by Crippen LogP contribution is -2.51. The zero-order valence-corrected chi connectivity index (χ0v) is 23.2. The third-order valence-corrected chi connectivity index (χ3v) is 6.55. The van der Waals surface area contributed by atoms with Gasteiger partial charge in [-0.3, -0.25) is 9.59 Å². The molecule has 10 heteroatoms. The van der Waals surface area contributed by atoms with E-state index in [-0.39, 0.29) is 24.9 Å². The summed E-state index contributed by atoms with van der Waals surface area (Å²) < 4.78 is 18.2. The third-order valence-electron chi connectivity index (χ3n) is 6.55. The molecule has 1 heterocycles. The van der Waals surface area contributed by atoms with E-state index in [0.717, 1.165) is 5.52 Å². The van der Waals surface area contributed by atoms with Crippen molar-refractivity contribution in [3.05, 3.63) is 48.0 Å². The quantitative estimate of drug-likeness (QED) is 0.319. The molecule has 0 spiro atoms. The Kier molecular flexibility index (Phi) is 10.1. The zero-order valence-electron chi connectivity index (χ0n) is 23.2. The van der Waals surface area contributed by atoms with Gasteiger partial charge in [0.2, 0.25) is 11.8 Å². The van der Waals surface area contributed by atoms with Crippen LogP contribution in [0, 0.1) is 0 Å². The molecule has 0 radical (unpaired) electrons. The molecule has 0 bridgehead atoms. The summed E-state index contributed by atoms with van der Waals surface area (Å²) in [4.78, 5) is 29.5. The van der Waals surface area contributed by atoms with Crippen LogP contribution in [-0.2, 0) is 20.9 Å². The first-order chi connectivity index (χ1) is 18.2. The van der Waals surface area contributed by atoms with Gasteiger partial charge in [-0.05, 0) is 63.9 Å². The number of rotatable bonds is 14. The van der Waals surface area contributed by atoms with Gasteiger partial charge in [-0.15, -0.1) is 5.10 Å². The van der Waals surface area contributed by atoms with Crippen molar-refractivity contribution in [3.8, 4) is 11.5 Å². The van der Waals surface area contributed by atoms with E-state index in [1.165, 1.54) is 0 Å². The van der Waals surface area contributed by atoms with Crippen LogP contribution in [0.2, 0.25) is 0 Å². The summed E-state index contributed by atoms with van der Waals surface area (Å²) in [6, 6.07) is 11.7. The smallest absolute Gasteiger partial charge is 0.248 e. The van der Waals surface area contributed by atoms with E-state index >= 15 is 0 Å². The maximum atomic E-state index is 14.0. The summed E-state index contributed by atoms with van der Waals surface area (Å²) in [6.07, 6.45) is 1.26. The average molecular weight is 526 g/mol. The van der Waals surface area contributed by atoms with Gasteiger partial charge in [-0.25, -0.2) is 4.68 Å². The van der Waals surface area contributed by atoms with Crippen molar-refractivity contribution in [1.82, 2.24) is 25.2 Å². The Morgan fingerprint density at radius 2 is 1.87 bits per heavy atom. The molecule has 0 saturated carbocycles. The summed E-state index contributed by atoms with van der Waals surface area (Å²) in [5.74, 6) is 0.444. The highest BCUT2D eigenvalue weighted by atomic mass is 16.5. The van der Waals surface area contributed by atoms with Crippen molar-refractivity contribution in [2.24, 2.45) is 0 Å². The minimum absolute atomic E-state index is 0.0810. The SMILES string of the molecule is CCOCCCN(C(=O)Cn1nnc2ccccc21)[C@H](C(=O)NC(C)(C)CC)c1cc(OC)ccc1OC. The predicted molar refractivity (Wildman–Crippen MR) is 145 cm³/mol. The van der Waals surface area contributed by atoms with Crippen LogP contribution in [-0.4, -0.2) is 71.2 Å². The molecule has 2 amide bonds. The monoisotopic (exact) mass is 525 g/mol. The Bertz CT molecular complexity index is 1230. The molecule has 3 rings (SSSR count). The molecule has 0 fully saturated rings. The largest absolute Gasteiger partial charge is 0.497 e. The minimum atomic E-state index is -0.977. The molecule has 0 aliphatic heterocycles. The standard InChI is InChI=1S/C28H39N5O5/c1-7-28(3,4)29-27(35)26(21-18-20(36-5)14-15-24(21)37-6)32(16-11-17-38-8-2)25(34)19-33-23-13-10-9-12-22(23)30-31-33/h9-10,12-15,18,26H,7-8,11,16-17,19H2,1-6H3,(H,29,35)/t26-/m0/s1. The number of fused-ring (bicyclic) bond motifs is 1. The van der Waals surface area contributed by atoms with Crippen LogP contribution in [0.4, 0.5) is 0 Å². The maximum Gasteiger partial charge on any atom is 0.248 e. The zero-order chi connectivity index (χ0) is 27.7. The maximum absolute atomic E-state index is 14.0. The van der Waals surface area contributed by atoms with E-state index in [2.05, 4.69) is 15.6 Å². The molecule has 0 aliphatic carbocycles. The number of para-hydroxylation sites is 1. The number of hydrogen-bond donors (Lipinski definition) is 1. The van der Waals surface area contributed by atoms with Gasteiger partial charge >= 0.3 is 0 Å². The fourth-order valence-electron chi connectivity index (χ4n) is 4.13. The lowest BCUT2D eigenvalue weighted by Gasteiger charge is -2.35. The third kappa shape index (κ3) is 7.00. The molecule has 10 nitrogen and oxygen atoms in total. The van der Waals surface area contributed by atoms with Gasteiger partial charge in [0.1, 0.15) is 29.6 Å². The molecule has 206 valence electrons. The van der Waals surface area contributed by atoms with Gasteiger partial charge in [0.15, 0.2) is 0 Å². The van der Waals surface area contributed by atoms with Crippen molar-refractivity contribution in [1.29, 1.82) is 0 Å². The number of hydrogen-bond acceptors (Lipinski definition) is 7. The number of nitrogens with one attached hydrogen (secondary N) is 1. The Morgan fingerprint density at radius 1 is 1.11 bits per heavy atom. The fraction of sp³-hybridized carbons (Fsp3) is 0.500. The van der Waals surface area contributed by atoms with Gasteiger partial charge < -0.3 is 24.4 Å². The molecule has 2 aromatic carbocycles. The van der Waals surface area contributed by atoms with Gasteiger partial charge in [0.25, 0.3) is 0 Å². The number of aromatic nitrogens is 3. The van der Waals surface area contributed by atoms with Crippen LogP contribution >= 0.6 is 0 Å². The molecule has 38 heavy (non-hydrogen) atoms. The number of ether oxygens (including phenoxy) is 3. The number of benzene rings is 2. The topological polar surface area (TPSA) is 108 Å². The molecule has 0 unspecified atom stereocenters. The second-order valence-corrected chi connectivity index (χ2v) is 9.61. The van der Waals surface area contributed by atoms with Gasteiger partial charge in [0, 0.05) is 30.9 Å². The Hall–Kier alpha value is -3.66. The van der Waals surface area contributed by atoms with Crippen molar-refractivity contribution >= 4 is 22.8 Å². The average Bonchev–Trinajstić information content (AvgIpc) is 3.32. The molecule has 1 aromatic heterocycles. The van der Waals surface area contributed by atoms with Gasteiger partial charge in [-0.1, -0.05) is 24.3 Å². The molecule has 1 atom stereocenters. The first-order valence-corrected chi connectivity index (χ1v) is 12.9. The first kappa shape index (κ1) is 28.9. The molecule has 0 saturated heterocycles. The van der Waals surface area contributed by atoms with Crippen LogP contribution in [0.3, 0.4) is 0 Å². The molecule has 3 aromatic rings. The van der Waals surface area contributed by atoms with Gasteiger partial charge in [-0.2, -0.15) is 0 Å². The van der Waals surface area contributed by atoms with Crippen molar-refractivity contribution in [2.75, 3.05) is 34.0 Å². The highest BCUT2D eigenvalue weighted by Crippen LogP contribution is 2.34. The lowest BCUT2D eigenvalue weighted by atomic mass is 9.97. The van der Waals surface area contributed by atoms with Crippen LogP contribution in [0.15, 0.2) is 42.5 Å². The Labute approximate surface area is 224 Å². The number of nitrogens with zero attached hydrogens (tertiary/aromatic N) is 4. The van der Waals surface area contributed by atoms with Crippen LogP contribution in [0.25, 0.3) is 11.0 Å². The second-order valence-electron chi connectivity index (χ2n) is 9.61. The van der Waals surface area contributed by atoms with Crippen molar-refractivity contribution in [3.63, 3.8) is 0 Å². The highest BCUT2D eigenvalue weighted by molar-refractivity contribution is 5.90. The Morgan fingerprint density at radius 3 is 2.55 bits per heavy atom. The minimum Gasteiger partial charge on any atom is -0.497 e.